The van der Waals surface area contributed by atoms with Crippen LogP contribution in [0.3, 0.4) is 0 Å². The molecule has 9 heteroatoms. The molecule has 0 saturated carbocycles. The molecule has 20 heavy (non-hydrogen) atoms. The van der Waals surface area contributed by atoms with Gasteiger partial charge in [-0.15, -0.1) is 0 Å². The first-order valence-corrected chi connectivity index (χ1v) is 5.50. The van der Waals surface area contributed by atoms with Crippen LogP contribution in [-0.2, 0) is 11.3 Å². The van der Waals surface area contributed by atoms with Gasteiger partial charge in [0.05, 0.1) is 13.1 Å². The summed E-state index contributed by atoms with van der Waals surface area (Å²) in [7, 11) is 0. The largest absolute Gasteiger partial charge is 0.477 e. The number of rotatable bonds is 6. The fourth-order valence-electron chi connectivity index (χ4n) is 1.24. The first kappa shape index (κ1) is 15.9. The van der Waals surface area contributed by atoms with E-state index in [0.29, 0.717) is 5.56 Å². The number of alkyl halides is 3. The minimum atomic E-state index is -4.36. The standard InChI is InChI=1S/C11H12F3N3O3/c12-11(13,14)6-15-5-9(18)17-4-7-1-2-8(10(19)20)16-3-7/h1-3,15H,4-6H2,(H,17,18)(H,19,20). The van der Waals surface area contributed by atoms with Crippen LogP contribution in [0.1, 0.15) is 16.1 Å². The van der Waals surface area contributed by atoms with Crippen molar-refractivity contribution < 1.29 is 27.9 Å². The summed E-state index contributed by atoms with van der Waals surface area (Å²) in [5.74, 6) is -1.77. The van der Waals surface area contributed by atoms with Gasteiger partial charge in [-0.1, -0.05) is 6.07 Å². The molecule has 0 atom stereocenters. The zero-order valence-electron chi connectivity index (χ0n) is 10.2. The zero-order chi connectivity index (χ0) is 15.2. The lowest BCUT2D eigenvalue weighted by Crippen LogP contribution is -2.38. The third kappa shape index (κ3) is 6.14. The van der Waals surface area contributed by atoms with Crippen molar-refractivity contribution in [2.24, 2.45) is 0 Å². The molecule has 0 unspecified atom stereocenters. The summed E-state index contributed by atoms with van der Waals surface area (Å²) in [4.78, 5) is 25.4. The Kier molecular flexibility index (Phi) is 5.44. The van der Waals surface area contributed by atoms with Crippen LogP contribution in [0.4, 0.5) is 13.2 Å². The van der Waals surface area contributed by atoms with Gasteiger partial charge in [-0.3, -0.25) is 4.79 Å². The Balaban J connectivity index is 2.32. The Hall–Kier alpha value is -2.16. The summed E-state index contributed by atoms with van der Waals surface area (Å²) in [6.07, 6.45) is -3.09. The monoisotopic (exact) mass is 291 g/mol. The van der Waals surface area contributed by atoms with Crippen molar-refractivity contribution in [2.75, 3.05) is 13.1 Å². The third-order valence-corrected chi connectivity index (χ3v) is 2.14. The Morgan fingerprint density at radius 1 is 1.30 bits per heavy atom. The number of carboxylic acids is 1. The Morgan fingerprint density at radius 3 is 2.50 bits per heavy atom. The predicted octanol–water partition coefficient (Wildman–Crippen LogP) is 0.548. The van der Waals surface area contributed by atoms with Gasteiger partial charge in [0.25, 0.3) is 0 Å². The molecule has 1 amide bonds. The molecule has 6 nitrogen and oxygen atoms in total. The molecule has 1 rings (SSSR count). The summed E-state index contributed by atoms with van der Waals surface area (Å²) in [5, 5.41) is 13.0. The molecule has 0 aliphatic carbocycles. The SMILES string of the molecule is O=C(CNCC(F)(F)F)NCc1ccc(C(=O)O)nc1. The molecule has 3 N–H and O–H groups in total. The number of aromatic carboxylic acids is 1. The van der Waals surface area contributed by atoms with E-state index in [9.17, 15) is 22.8 Å². The summed E-state index contributed by atoms with van der Waals surface area (Å²) in [6.45, 7) is -1.64. The van der Waals surface area contributed by atoms with Crippen LogP contribution in [0.25, 0.3) is 0 Å². The van der Waals surface area contributed by atoms with Crippen molar-refractivity contribution in [3.05, 3.63) is 29.6 Å². The van der Waals surface area contributed by atoms with Crippen LogP contribution in [0.2, 0.25) is 0 Å². The van der Waals surface area contributed by atoms with Crippen molar-refractivity contribution in [1.29, 1.82) is 0 Å². The van der Waals surface area contributed by atoms with E-state index in [1.807, 2.05) is 5.32 Å². The summed E-state index contributed by atoms with van der Waals surface area (Å²) in [5.41, 5.74) is 0.408. The van der Waals surface area contributed by atoms with Crippen LogP contribution in [0.5, 0.6) is 0 Å². The number of amides is 1. The number of nitrogens with zero attached hydrogens (tertiary/aromatic N) is 1. The average molecular weight is 291 g/mol. The summed E-state index contributed by atoms with van der Waals surface area (Å²) >= 11 is 0. The molecule has 0 aliphatic rings. The molecular formula is C11H12F3N3O3. The molecule has 0 saturated heterocycles. The van der Waals surface area contributed by atoms with E-state index in [2.05, 4.69) is 10.3 Å². The van der Waals surface area contributed by atoms with Gasteiger partial charge in [0.2, 0.25) is 5.91 Å². The molecular weight excluding hydrogens is 279 g/mol. The van der Waals surface area contributed by atoms with Crippen molar-refractivity contribution in [3.63, 3.8) is 0 Å². The second-order valence-electron chi connectivity index (χ2n) is 3.85. The number of carboxylic acid groups (broad SMARTS) is 1. The second kappa shape index (κ2) is 6.85. The number of hydrogen-bond donors (Lipinski definition) is 3. The number of nitrogens with one attached hydrogen (secondary N) is 2. The van der Waals surface area contributed by atoms with E-state index in [4.69, 9.17) is 5.11 Å². The number of halogens is 3. The molecule has 0 aromatic carbocycles. The first-order valence-electron chi connectivity index (χ1n) is 5.50. The van der Waals surface area contributed by atoms with Gasteiger partial charge in [-0.05, 0) is 11.6 Å². The van der Waals surface area contributed by atoms with Crippen LogP contribution >= 0.6 is 0 Å². The van der Waals surface area contributed by atoms with Gasteiger partial charge < -0.3 is 15.7 Å². The maximum atomic E-state index is 11.8. The molecule has 1 aromatic rings. The van der Waals surface area contributed by atoms with E-state index in [-0.39, 0.29) is 12.2 Å². The van der Waals surface area contributed by atoms with Gasteiger partial charge in [0.15, 0.2) is 0 Å². The number of hydrogen-bond acceptors (Lipinski definition) is 4. The van der Waals surface area contributed by atoms with Gasteiger partial charge in [0.1, 0.15) is 5.69 Å². The number of carbonyl (C=O) groups is 2. The van der Waals surface area contributed by atoms with Crippen molar-refractivity contribution in [3.8, 4) is 0 Å². The van der Waals surface area contributed by atoms with Crippen LogP contribution in [0.15, 0.2) is 18.3 Å². The van der Waals surface area contributed by atoms with E-state index in [0.717, 1.165) is 0 Å². The van der Waals surface area contributed by atoms with E-state index >= 15 is 0 Å². The molecule has 110 valence electrons. The lowest BCUT2D eigenvalue weighted by atomic mass is 10.2. The van der Waals surface area contributed by atoms with E-state index < -0.39 is 31.1 Å². The Morgan fingerprint density at radius 2 is 2.00 bits per heavy atom. The summed E-state index contributed by atoms with van der Waals surface area (Å²) in [6, 6.07) is 2.73. The van der Waals surface area contributed by atoms with Gasteiger partial charge in [-0.25, -0.2) is 9.78 Å². The van der Waals surface area contributed by atoms with Crippen LogP contribution < -0.4 is 10.6 Å². The van der Waals surface area contributed by atoms with Crippen LogP contribution in [-0.4, -0.2) is 41.2 Å². The number of aromatic nitrogens is 1. The molecule has 1 aromatic heterocycles. The predicted molar refractivity (Wildman–Crippen MR) is 62.0 cm³/mol. The highest BCUT2D eigenvalue weighted by atomic mass is 19.4. The van der Waals surface area contributed by atoms with Crippen LogP contribution in [0, 0.1) is 0 Å². The van der Waals surface area contributed by atoms with Crippen molar-refractivity contribution >= 4 is 11.9 Å². The molecule has 0 fully saturated rings. The van der Waals surface area contributed by atoms with Crippen molar-refractivity contribution in [1.82, 2.24) is 15.6 Å². The Labute approximate surface area is 112 Å². The molecule has 0 bridgehead atoms. The third-order valence-electron chi connectivity index (χ3n) is 2.14. The topological polar surface area (TPSA) is 91.3 Å². The number of carbonyl (C=O) groups excluding carboxylic acids is 1. The van der Waals surface area contributed by atoms with E-state index in [1.165, 1.54) is 18.3 Å². The normalized spacial score (nSPS) is 11.2. The zero-order valence-corrected chi connectivity index (χ0v) is 10.2. The Bertz CT molecular complexity index is 474. The maximum absolute atomic E-state index is 11.8. The fourth-order valence-corrected chi connectivity index (χ4v) is 1.24. The highest BCUT2D eigenvalue weighted by Crippen LogP contribution is 2.11. The van der Waals surface area contributed by atoms with Gasteiger partial charge in [0, 0.05) is 12.7 Å². The number of pyridine rings is 1. The maximum Gasteiger partial charge on any atom is 0.401 e. The summed E-state index contributed by atoms with van der Waals surface area (Å²) < 4.78 is 35.4. The minimum Gasteiger partial charge on any atom is -0.477 e. The lowest BCUT2D eigenvalue weighted by Gasteiger charge is -2.08. The fraction of sp³-hybridized carbons (Fsp3) is 0.364. The minimum absolute atomic E-state index is 0.0550. The average Bonchev–Trinajstić information content (AvgIpc) is 2.35. The lowest BCUT2D eigenvalue weighted by molar-refractivity contribution is -0.128. The molecule has 0 spiro atoms. The van der Waals surface area contributed by atoms with Gasteiger partial charge in [-0.2, -0.15) is 13.2 Å². The first-order chi connectivity index (χ1) is 9.28. The molecule has 0 aliphatic heterocycles. The second-order valence-corrected chi connectivity index (χ2v) is 3.85. The molecule has 0 radical (unpaired) electrons. The highest BCUT2D eigenvalue weighted by Gasteiger charge is 2.26. The smallest absolute Gasteiger partial charge is 0.401 e. The highest BCUT2D eigenvalue weighted by molar-refractivity contribution is 5.85. The quantitative estimate of drug-likeness (QED) is 0.712. The van der Waals surface area contributed by atoms with Gasteiger partial charge >= 0.3 is 12.1 Å². The van der Waals surface area contributed by atoms with Crippen molar-refractivity contribution in [2.45, 2.75) is 12.7 Å². The van der Waals surface area contributed by atoms with E-state index in [1.54, 1.807) is 0 Å². The molecule has 1 heterocycles.